The molecule has 1 heterocycles. The summed E-state index contributed by atoms with van der Waals surface area (Å²) in [6.45, 7) is 1.21. The first kappa shape index (κ1) is 13.9. The minimum Gasteiger partial charge on any atom is -0.497 e. The Labute approximate surface area is 116 Å². The highest BCUT2D eigenvalue weighted by molar-refractivity contribution is 5.91. The van der Waals surface area contributed by atoms with E-state index in [9.17, 15) is 4.79 Å². The van der Waals surface area contributed by atoms with Gasteiger partial charge in [0.05, 0.1) is 20.0 Å². The van der Waals surface area contributed by atoms with Gasteiger partial charge in [-0.05, 0) is 24.6 Å². The predicted octanol–water partition coefficient (Wildman–Crippen LogP) is 2.06. The molecule has 2 aromatic rings. The molecule has 1 aromatic heterocycles. The van der Waals surface area contributed by atoms with E-state index >= 15 is 0 Å². The second-order valence-electron chi connectivity index (χ2n) is 4.17. The third kappa shape index (κ3) is 3.50. The molecule has 0 saturated carbocycles. The zero-order valence-electron chi connectivity index (χ0n) is 11.2. The van der Waals surface area contributed by atoms with Crippen LogP contribution in [0, 0.1) is 0 Å². The van der Waals surface area contributed by atoms with Gasteiger partial charge in [-0.25, -0.2) is 9.78 Å². The van der Waals surface area contributed by atoms with E-state index in [1.165, 1.54) is 13.2 Å². The minimum atomic E-state index is -1.03. The van der Waals surface area contributed by atoms with Gasteiger partial charge in [-0.15, -0.1) is 0 Å². The maximum atomic E-state index is 11.2. The smallest absolute Gasteiger partial charge is 0.339 e. The Morgan fingerprint density at radius 2 is 2.30 bits per heavy atom. The molecule has 6 heteroatoms. The number of rotatable bonds is 7. The zero-order chi connectivity index (χ0) is 14.4. The number of carboxylic acids is 1. The maximum Gasteiger partial charge on any atom is 0.339 e. The molecule has 1 aromatic carbocycles. The van der Waals surface area contributed by atoms with Crippen LogP contribution in [0.5, 0.6) is 11.5 Å². The largest absolute Gasteiger partial charge is 0.497 e. The molecule has 0 radical (unpaired) electrons. The average molecular weight is 276 g/mol. The van der Waals surface area contributed by atoms with Crippen molar-refractivity contribution < 1.29 is 19.4 Å². The van der Waals surface area contributed by atoms with E-state index in [0.717, 1.165) is 13.0 Å². The van der Waals surface area contributed by atoms with Gasteiger partial charge >= 0.3 is 5.97 Å². The highest BCUT2D eigenvalue weighted by Crippen LogP contribution is 2.24. The normalized spacial score (nSPS) is 10.2. The number of aromatic carboxylic acids is 1. The molecule has 1 N–H and O–H groups in total. The first-order valence-corrected chi connectivity index (χ1v) is 6.20. The van der Waals surface area contributed by atoms with Crippen molar-refractivity contribution in [3.63, 3.8) is 0 Å². The van der Waals surface area contributed by atoms with Crippen molar-refractivity contribution in [1.82, 2.24) is 9.55 Å². The van der Waals surface area contributed by atoms with Crippen LogP contribution >= 0.6 is 0 Å². The summed E-state index contributed by atoms with van der Waals surface area (Å²) in [6, 6.07) is 4.74. The number of carbonyl (C=O) groups is 1. The monoisotopic (exact) mass is 276 g/mol. The Hall–Kier alpha value is -2.50. The van der Waals surface area contributed by atoms with Crippen LogP contribution in [0.1, 0.15) is 16.8 Å². The van der Waals surface area contributed by atoms with Gasteiger partial charge < -0.3 is 19.1 Å². The first-order valence-electron chi connectivity index (χ1n) is 6.20. The van der Waals surface area contributed by atoms with Crippen molar-refractivity contribution in [2.24, 2.45) is 0 Å². The fraction of sp³-hybridized carbons (Fsp3) is 0.286. The minimum absolute atomic E-state index is 0.104. The van der Waals surface area contributed by atoms with Gasteiger partial charge in [0, 0.05) is 18.9 Å². The molecule has 2 rings (SSSR count). The molecule has 0 spiro atoms. The first-order chi connectivity index (χ1) is 9.70. The van der Waals surface area contributed by atoms with E-state index < -0.39 is 5.97 Å². The summed E-state index contributed by atoms with van der Waals surface area (Å²) in [5, 5.41) is 9.14. The number of ether oxygens (including phenoxy) is 2. The van der Waals surface area contributed by atoms with E-state index in [-0.39, 0.29) is 5.56 Å². The van der Waals surface area contributed by atoms with Gasteiger partial charge in [-0.3, -0.25) is 0 Å². The molecule has 6 nitrogen and oxygen atoms in total. The average Bonchev–Trinajstić information content (AvgIpc) is 2.96. The second kappa shape index (κ2) is 6.60. The standard InChI is InChI=1S/C14H16N2O4/c1-19-11-3-4-13(12(9-11)14(17)18)20-8-2-6-16-7-5-15-10-16/h3-5,7,9-10H,2,6,8H2,1H3,(H,17,18). The lowest BCUT2D eigenvalue weighted by Crippen LogP contribution is -2.07. The number of aromatic nitrogens is 2. The summed E-state index contributed by atoms with van der Waals surface area (Å²) < 4.78 is 12.5. The lowest BCUT2D eigenvalue weighted by atomic mass is 10.2. The van der Waals surface area contributed by atoms with Gasteiger partial charge in [-0.2, -0.15) is 0 Å². The van der Waals surface area contributed by atoms with Crippen LogP contribution in [0.4, 0.5) is 0 Å². The zero-order valence-corrected chi connectivity index (χ0v) is 11.2. The Balaban J connectivity index is 1.93. The van der Waals surface area contributed by atoms with Crippen molar-refractivity contribution >= 4 is 5.97 Å². The summed E-state index contributed by atoms with van der Waals surface area (Å²) in [6.07, 6.45) is 6.08. The van der Waals surface area contributed by atoms with Crippen LogP contribution in [-0.2, 0) is 6.54 Å². The molecule has 0 amide bonds. The van der Waals surface area contributed by atoms with Crippen LogP contribution < -0.4 is 9.47 Å². The fourth-order valence-electron chi connectivity index (χ4n) is 1.78. The Morgan fingerprint density at radius 1 is 1.45 bits per heavy atom. The van der Waals surface area contributed by atoms with E-state index in [1.54, 1.807) is 24.7 Å². The molecule has 0 atom stereocenters. The number of imidazole rings is 1. The lowest BCUT2D eigenvalue weighted by Gasteiger charge is -2.10. The second-order valence-corrected chi connectivity index (χ2v) is 4.17. The topological polar surface area (TPSA) is 73.6 Å². The summed E-state index contributed by atoms with van der Waals surface area (Å²) in [5.74, 6) is -0.189. The van der Waals surface area contributed by atoms with Gasteiger partial charge in [0.25, 0.3) is 0 Å². The van der Waals surface area contributed by atoms with Crippen LogP contribution in [0.15, 0.2) is 36.9 Å². The molecular formula is C14H16N2O4. The molecule has 0 unspecified atom stereocenters. The quantitative estimate of drug-likeness (QED) is 0.783. The molecule has 0 fully saturated rings. The number of nitrogens with zero attached hydrogens (tertiary/aromatic N) is 2. The number of hydrogen-bond acceptors (Lipinski definition) is 4. The maximum absolute atomic E-state index is 11.2. The number of methoxy groups -OCH3 is 1. The van der Waals surface area contributed by atoms with Crippen LogP contribution in [0.25, 0.3) is 0 Å². The number of hydrogen-bond donors (Lipinski definition) is 1. The summed E-state index contributed by atoms with van der Waals surface area (Å²) in [4.78, 5) is 15.1. The van der Waals surface area contributed by atoms with Crippen molar-refractivity contribution in [2.75, 3.05) is 13.7 Å². The molecule has 20 heavy (non-hydrogen) atoms. The molecule has 0 saturated heterocycles. The number of carboxylic acid groups (broad SMARTS) is 1. The van der Waals surface area contributed by atoms with Crippen LogP contribution in [0.2, 0.25) is 0 Å². The van der Waals surface area contributed by atoms with Gasteiger partial charge in [0.15, 0.2) is 0 Å². The van der Waals surface area contributed by atoms with Gasteiger partial charge in [-0.1, -0.05) is 0 Å². The van der Waals surface area contributed by atoms with Crippen molar-refractivity contribution in [3.05, 3.63) is 42.5 Å². The molecular weight excluding hydrogens is 260 g/mol. The van der Waals surface area contributed by atoms with Crippen molar-refractivity contribution in [2.45, 2.75) is 13.0 Å². The van der Waals surface area contributed by atoms with Crippen molar-refractivity contribution in [3.8, 4) is 11.5 Å². The highest BCUT2D eigenvalue weighted by atomic mass is 16.5. The Morgan fingerprint density at radius 3 is 2.95 bits per heavy atom. The summed E-state index contributed by atoms with van der Waals surface area (Å²) >= 11 is 0. The third-order valence-electron chi connectivity index (χ3n) is 2.79. The molecule has 0 aliphatic rings. The van der Waals surface area contributed by atoms with Gasteiger partial charge in [0.1, 0.15) is 17.1 Å². The van der Waals surface area contributed by atoms with E-state index in [4.69, 9.17) is 14.6 Å². The molecule has 0 aliphatic heterocycles. The molecule has 106 valence electrons. The Kier molecular flexibility index (Phi) is 4.60. The van der Waals surface area contributed by atoms with Crippen LogP contribution in [0.3, 0.4) is 0 Å². The number of aryl methyl sites for hydroxylation is 1. The van der Waals surface area contributed by atoms with E-state index in [0.29, 0.717) is 18.1 Å². The molecule has 0 bridgehead atoms. The highest BCUT2D eigenvalue weighted by Gasteiger charge is 2.12. The Bertz CT molecular complexity index is 567. The van der Waals surface area contributed by atoms with Gasteiger partial charge in [0.2, 0.25) is 0 Å². The molecule has 0 aliphatic carbocycles. The van der Waals surface area contributed by atoms with Crippen LogP contribution in [-0.4, -0.2) is 34.3 Å². The van der Waals surface area contributed by atoms with E-state index in [1.807, 2.05) is 10.8 Å². The SMILES string of the molecule is COc1ccc(OCCCn2ccnc2)c(C(=O)O)c1. The number of benzene rings is 1. The summed E-state index contributed by atoms with van der Waals surface area (Å²) in [5.41, 5.74) is 0.104. The lowest BCUT2D eigenvalue weighted by molar-refractivity contribution is 0.0691. The van der Waals surface area contributed by atoms with E-state index in [2.05, 4.69) is 4.98 Å². The third-order valence-corrected chi connectivity index (χ3v) is 2.79. The fourth-order valence-corrected chi connectivity index (χ4v) is 1.78. The summed E-state index contributed by atoms with van der Waals surface area (Å²) in [7, 11) is 1.49. The predicted molar refractivity (Wildman–Crippen MR) is 72.3 cm³/mol. The van der Waals surface area contributed by atoms with Crippen molar-refractivity contribution in [1.29, 1.82) is 0 Å².